The minimum Gasteiger partial charge on any atom is -0.460 e. The van der Waals surface area contributed by atoms with Gasteiger partial charge in [-0.3, -0.25) is 4.79 Å². The van der Waals surface area contributed by atoms with Gasteiger partial charge in [-0.25, -0.2) is 0 Å². The third kappa shape index (κ3) is 2.79. The molecular formula is C11H12O2. The SMILES string of the molecule is CC(C)(C)C#Cc1ccoc1C=O. The van der Waals surface area contributed by atoms with Gasteiger partial charge in [-0.15, -0.1) is 0 Å². The zero-order valence-electron chi connectivity index (χ0n) is 8.05. The molecule has 13 heavy (non-hydrogen) atoms. The van der Waals surface area contributed by atoms with E-state index in [2.05, 4.69) is 11.8 Å². The number of carbonyl (C=O) groups is 1. The summed E-state index contributed by atoms with van der Waals surface area (Å²) in [4.78, 5) is 10.5. The molecule has 0 aliphatic heterocycles. The maximum atomic E-state index is 10.5. The lowest BCUT2D eigenvalue weighted by molar-refractivity contribution is 0.110. The monoisotopic (exact) mass is 176 g/mol. The molecule has 0 aliphatic rings. The van der Waals surface area contributed by atoms with E-state index >= 15 is 0 Å². The molecular weight excluding hydrogens is 164 g/mol. The van der Waals surface area contributed by atoms with Crippen LogP contribution in [0.5, 0.6) is 0 Å². The van der Waals surface area contributed by atoms with E-state index < -0.39 is 0 Å². The molecule has 0 atom stereocenters. The van der Waals surface area contributed by atoms with Crippen molar-refractivity contribution in [1.29, 1.82) is 0 Å². The lowest BCUT2D eigenvalue weighted by atomic mass is 9.97. The second kappa shape index (κ2) is 3.49. The highest BCUT2D eigenvalue weighted by Gasteiger charge is 2.05. The number of carbonyl (C=O) groups excluding carboxylic acids is 1. The lowest BCUT2D eigenvalue weighted by Gasteiger charge is -2.06. The van der Waals surface area contributed by atoms with Crippen molar-refractivity contribution in [1.82, 2.24) is 0 Å². The molecule has 0 bridgehead atoms. The molecule has 2 nitrogen and oxygen atoms in total. The van der Waals surface area contributed by atoms with Crippen molar-refractivity contribution >= 4 is 6.29 Å². The third-order valence-corrected chi connectivity index (χ3v) is 1.37. The first-order valence-corrected chi connectivity index (χ1v) is 4.09. The molecule has 0 fully saturated rings. The van der Waals surface area contributed by atoms with Crippen LogP contribution in [0.25, 0.3) is 0 Å². The van der Waals surface area contributed by atoms with E-state index in [0.717, 1.165) is 0 Å². The minimum absolute atomic E-state index is 0.0581. The van der Waals surface area contributed by atoms with Crippen LogP contribution in [0.4, 0.5) is 0 Å². The summed E-state index contributed by atoms with van der Waals surface area (Å²) >= 11 is 0. The Kier molecular flexibility index (Phi) is 2.57. The summed E-state index contributed by atoms with van der Waals surface area (Å²) in [6, 6.07) is 1.70. The van der Waals surface area contributed by atoms with Crippen molar-refractivity contribution < 1.29 is 9.21 Å². The van der Waals surface area contributed by atoms with Crippen LogP contribution >= 0.6 is 0 Å². The molecule has 68 valence electrons. The number of furan rings is 1. The first-order chi connectivity index (χ1) is 6.03. The fraction of sp³-hybridized carbons (Fsp3) is 0.364. The summed E-state index contributed by atoms with van der Waals surface area (Å²) < 4.78 is 4.91. The van der Waals surface area contributed by atoms with Crippen molar-refractivity contribution in [3.05, 3.63) is 23.7 Å². The summed E-state index contributed by atoms with van der Waals surface area (Å²) in [5.41, 5.74) is 0.599. The van der Waals surface area contributed by atoms with E-state index in [1.54, 1.807) is 6.07 Å². The molecule has 0 radical (unpaired) electrons. The molecule has 1 rings (SSSR count). The molecule has 0 unspecified atom stereocenters. The highest BCUT2D eigenvalue weighted by molar-refractivity contribution is 5.75. The summed E-state index contributed by atoms with van der Waals surface area (Å²) in [5.74, 6) is 6.24. The number of aldehydes is 1. The van der Waals surface area contributed by atoms with E-state index in [-0.39, 0.29) is 5.41 Å². The second-order valence-electron chi connectivity index (χ2n) is 3.82. The standard InChI is InChI=1S/C11H12O2/c1-11(2,3)6-4-9-5-7-13-10(9)8-12/h5,7-8H,1-3H3. The molecule has 1 heterocycles. The Morgan fingerprint density at radius 3 is 2.69 bits per heavy atom. The van der Waals surface area contributed by atoms with Crippen LogP contribution in [-0.4, -0.2) is 6.29 Å². The highest BCUT2D eigenvalue weighted by atomic mass is 16.3. The molecule has 0 saturated heterocycles. The fourth-order valence-corrected chi connectivity index (χ4v) is 0.770. The van der Waals surface area contributed by atoms with E-state index in [0.29, 0.717) is 17.6 Å². The van der Waals surface area contributed by atoms with Crippen molar-refractivity contribution in [3.63, 3.8) is 0 Å². The van der Waals surface area contributed by atoms with Gasteiger partial charge in [-0.2, -0.15) is 0 Å². The predicted molar refractivity (Wildman–Crippen MR) is 50.4 cm³/mol. The molecule has 1 aromatic rings. The molecule has 0 N–H and O–H groups in total. The second-order valence-corrected chi connectivity index (χ2v) is 3.82. The van der Waals surface area contributed by atoms with Crippen molar-refractivity contribution in [2.24, 2.45) is 5.41 Å². The maximum absolute atomic E-state index is 10.5. The average molecular weight is 176 g/mol. The van der Waals surface area contributed by atoms with Crippen LogP contribution in [0.3, 0.4) is 0 Å². The van der Waals surface area contributed by atoms with Gasteiger partial charge in [0.2, 0.25) is 0 Å². The summed E-state index contributed by atoms with van der Waals surface area (Å²) in [7, 11) is 0. The summed E-state index contributed by atoms with van der Waals surface area (Å²) in [5, 5.41) is 0. The van der Waals surface area contributed by atoms with Gasteiger partial charge < -0.3 is 4.42 Å². The smallest absolute Gasteiger partial charge is 0.186 e. The van der Waals surface area contributed by atoms with Gasteiger partial charge >= 0.3 is 0 Å². The van der Waals surface area contributed by atoms with Crippen LogP contribution in [0, 0.1) is 17.3 Å². The summed E-state index contributed by atoms with van der Waals surface area (Å²) in [6.45, 7) is 6.04. The van der Waals surface area contributed by atoms with Crippen LogP contribution in [0.1, 0.15) is 36.9 Å². The van der Waals surface area contributed by atoms with Gasteiger partial charge in [0.1, 0.15) is 0 Å². The Labute approximate surface area is 77.9 Å². The molecule has 1 aromatic heterocycles. The van der Waals surface area contributed by atoms with E-state index in [4.69, 9.17) is 4.42 Å². The van der Waals surface area contributed by atoms with Crippen LogP contribution in [-0.2, 0) is 0 Å². The fourth-order valence-electron chi connectivity index (χ4n) is 0.770. The Balaban J connectivity index is 2.95. The van der Waals surface area contributed by atoms with Crippen LogP contribution < -0.4 is 0 Å². The number of rotatable bonds is 1. The minimum atomic E-state index is -0.0581. The first kappa shape index (κ1) is 9.60. The van der Waals surface area contributed by atoms with Crippen molar-refractivity contribution in [3.8, 4) is 11.8 Å². The molecule has 0 aromatic carbocycles. The zero-order valence-corrected chi connectivity index (χ0v) is 8.05. The summed E-state index contributed by atoms with van der Waals surface area (Å²) in [6.07, 6.45) is 2.14. The maximum Gasteiger partial charge on any atom is 0.186 e. The van der Waals surface area contributed by atoms with E-state index in [1.807, 2.05) is 20.8 Å². The van der Waals surface area contributed by atoms with E-state index in [9.17, 15) is 4.79 Å². The molecule has 0 saturated carbocycles. The van der Waals surface area contributed by atoms with E-state index in [1.165, 1.54) is 6.26 Å². The zero-order chi connectivity index (χ0) is 9.90. The normalized spacial score (nSPS) is 10.4. The predicted octanol–water partition coefficient (Wildman–Crippen LogP) is 2.49. The van der Waals surface area contributed by atoms with Crippen molar-refractivity contribution in [2.75, 3.05) is 0 Å². The Morgan fingerprint density at radius 2 is 2.15 bits per heavy atom. The molecule has 0 amide bonds. The molecule has 0 spiro atoms. The Hall–Kier alpha value is -1.49. The van der Waals surface area contributed by atoms with Crippen LogP contribution in [0.2, 0.25) is 0 Å². The average Bonchev–Trinajstić information content (AvgIpc) is 2.46. The topological polar surface area (TPSA) is 30.2 Å². The van der Waals surface area contributed by atoms with Gasteiger partial charge in [-0.1, -0.05) is 11.8 Å². The molecule has 0 aliphatic carbocycles. The molecule has 2 heteroatoms. The number of hydrogen-bond acceptors (Lipinski definition) is 2. The van der Waals surface area contributed by atoms with Gasteiger partial charge in [-0.05, 0) is 26.8 Å². The quantitative estimate of drug-likeness (QED) is 0.486. The van der Waals surface area contributed by atoms with Crippen LogP contribution in [0.15, 0.2) is 16.7 Å². The third-order valence-electron chi connectivity index (χ3n) is 1.37. The lowest BCUT2D eigenvalue weighted by Crippen LogP contribution is -1.99. The van der Waals surface area contributed by atoms with Gasteiger partial charge in [0.05, 0.1) is 11.8 Å². The van der Waals surface area contributed by atoms with Gasteiger partial charge in [0.15, 0.2) is 12.0 Å². The van der Waals surface area contributed by atoms with Gasteiger partial charge in [0.25, 0.3) is 0 Å². The van der Waals surface area contributed by atoms with Crippen molar-refractivity contribution in [2.45, 2.75) is 20.8 Å². The Bertz CT molecular complexity index is 355. The highest BCUT2D eigenvalue weighted by Crippen LogP contribution is 2.12. The Morgan fingerprint density at radius 1 is 1.46 bits per heavy atom. The number of hydrogen-bond donors (Lipinski definition) is 0. The first-order valence-electron chi connectivity index (χ1n) is 4.09. The largest absolute Gasteiger partial charge is 0.460 e. The van der Waals surface area contributed by atoms with Gasteiger partial charge in [0, 0.05) is 5.41 Å².